The summed E-state index contributed by atoms with van der Waals surface area (Å²) in [6.07, 6.45) is 2.93. The van der Waals surface area contributed by atoms with Crippen molar-refractivity contribution in [1.29, 1.82) is 0 Å². The second-order valence-electron chi connectivity index (χ2n) is 5.49. The van der Waals surface area contributed by atoms with E-state index in [1.807, 2.05) is 18.2 Å². The van der Waals surface area contributed by atoms with Crippen LogP contribution in [0.2, 0.25) is 0 Å². The normalized spacial score (nSPS) is 11.3. The molecule has 0 amide bonds. The highest BCUT2D eigenvalue weighted by Gasteiger charge is 2.09. The van der Waals surface area contributed by atoms with Crippen LogP contribution in [0, 0.1) is 5.82 Å². The molecule has 0 fully saturated rings. The van der Waals surface area contributed by atoms with Crippen LogP contribution in [0.1, 0.15) is 38.3 Å². The fraction of sp³-hybridized carbons (Fsp3) is 0.529. The minimum absolute atomic E-state index is 0.122. The van der Waals surface area contributed by atoms with Crippen molar-refractivity contribution in [1.82, 2.24) is 10.2 Å². The van der Waals surface area contributed by atoms with Crippen LogP contribution in [0.15, 0.2) is 30.9 Å². The third-order valence-corrected chi connectivity index (χ3v) is 3.15. The van der Waals surface area contributed by atoms with Gasteiger partial charge in [0.2, 0.25) is 0 Å². The van der Waals surface area contributed by atoms with Crippen LogP contribution in [0.5, 0.6) is 0 Å². The van der Waals surface area contributed by atoms with Crippen molar-refractivity contribution in [3.63, 3.8) is 0 Å². The number of nitrogens with one attached hydrogen (secondary N) is 1. The van der Waals surface area contributed by atoms with E-state index in [1.165, 1.54) is 0 Å². The number of hydrogen-bond donors (Lipinski definition) is 1. The molecule has 0 unspecified atom stereocenters. The first kappa shape index (κ1) is 16.9. The second-order valence-corrected chi connectivity index (χ2v) is 5.49. The molecule has 2 nitrogen and oxygen atoms in total. The summed E-state index contributed by atoms with van der Waals surface area (Å²) >= 11 is 0. The zero-order chi connectivity index (χ0) is 15.0. The SMILES string of the molecule is C=CCN(CCC)Cc1cc(CNC(C)C)ccc1F. The Morgan fingerprint density at radius 1 is 1.40 bits per heavy atom. The zero-order valence-electron chi connectivity index (χ0n) is 13.0. The number of rotatable bonds is 9. The summed E-state index contributed by atoms with van der Waals surface area (Å²) < 4.78 is 13.9. The molecule has 0 bridgehead atoms. The van der Waals surface area contributed by atoms with Crippen molar-refractivity contribution in [2.45, 2.75) is 46.3 Å². The van der Waals surface area contributed by atoms with E-state index in [4.69, 9.17) is 0 Å². The zero-order valence-corrected chi connectivity index (χ0v) is 13.0. The van der Waals surface area contributed by atoms with E-state index in [-0.39, 0.29) is 5.82 Å². The molecule has 0 spiro atoms. The standard InChI is InChI=1S/C17H27FN2/c1-5-9-20(10-6-2)13-16-11-15(7-8-17(16)18)12-19-14(3)4/h5,7-8,11,14,19H,1,6,9-10,12-13H2,2-4H3. The molecule has 1 aromatic carbocycles. The first-order chi connectivity index (χ1) is 9.56. The van der Waals surface area contributed by atoms with E-state index in [0.717, 1.165) is 37.2 Å². The third-order valence-electron chi connectivity index (χ3n) is 3.15. The molecule has 0 saturated carbocycles. The van der Waals surface area contributed by atoms with E-state index in [2.05, 4.69) is 37.6 Å². The van der Waals surface area contributed by atoms with Crippen LogP contribution in [-0.4, -0.2) is 24.0 Å². The van der Waals surface area contributed by atoms with Crippen molar-refractivity contribution < 1.29 is 4.39 Å². The minimum atomic E-state index is -0.122. The smallest absolute Gasteiger partial charge is 0.127 e. The molecule has 20 heavy (non-hydrogen) atoms. The number of benzene rings is 1. The molecule has 0 heterocycles. The van der Waals surface area contributed by atoms with Gasteiger partial charge in [0.25, 0.3) is 0 Å². The summed E-state index contributed by atoms with van der Waals surface area (Å²) in [5, 5.41) is 3.36. The summed E-state index contributed by atoms with van der Waals surface area (Å²) in [6.45, 7) is 13.3. The van der Waals surface area contributed by atoms with Gasteiger partial charge in [0.05, 0.1) is 0 Å². The third kappa shape index (κ3) is 5.85. The monoisotopic (exact) mass is 278 g/mol. The lowest BCUT2D eigenvalue weighted by Gasteiger charge is -2.20. The molecule has 0 aliphatic heterocycles. The molecule has 3 heteroatoms. The highest BCUT2D eigenvalue weighted by Crippen LogP contribution is 2.14. The van der Waals surface area contributed by atoms with Gasteiger partial charge in [-0.2, -0.15) is 0 Å². The average molecular weight is 278 g/mol. The Balaban J connectivity index is 2.76. The van der Waals surface area contributed by atoms with Gasteiger partial charge >= 0.3 is 0 Å². The minimum Gasteiger partial charge on any atom is -0.310 e. The van der Waals surface area contributed by atoms with Crippen molar-refractivity contribution in [3.05, 3.63) is 47.8 Å². The molecule has 1 aromatic rings. The lowest BCUT2D eigenvalue weighted by molar-refractivity contribution is 0.290. The van der Waals surface area contributed by atoms with Gasteiger partial charge in [0.1, 0.15) is 5.82 Å². The Bertz CT molecular complexity index is 415. The Morgan fingerprint density at radius 2 is 2.15 bits per heavy atom. The first-order valence-corrected chi connectivity index (χ1v) is 7.40. The maximum Gasteiger partial charge on any atom is 0.127 e. The van der Waals surface area contributed by atoms with Crippen LogP contribution < -0.4 is 5.32 Å². The van der Waals surface area contributed by atoms with Crippen LogP contribution in [0.4, 0.5) is 4.39 Å². The molecule has 1 N–H and O–H groups in total. The summed E-state index contributed by atoms with van der Waals surface area (Å²) in [5.74, 6) is -0.122. The van der Waals surface area contributed by atoms with Crippen molar-refractivity contribution in [2.24, 2.45) is 0 Å². The van der Waals surface area contributed by atoms with Crippen LogP contribution in [0.25, 0.3) is 0 Å². The molecular formula is C17H27FN2. The topological polar surface area (TPSA) is 15.3 Å². The predicted octanol–water partition coefficient (Wildman–Crippen LogP) is 3.72. The molecule has 0 aliphatic carbocycles. The Morgan fingerprint density at radius 3 is 2.75 bits per heavy atom. The molecule has 0 aromatic heterocycles. The highest BCUT2D eigenvalue weighted by molar-refractivity contribution is 5.25. The first-order valence-electron chi connectivity index (χ1n) is 7.40. The lowest BCUT2D eigenvalue weighted by atomic mass is 10.1. The number of nitrogens with zero attached hydrogens (tertiary/aromatic N) is 1. The van der Waals surface area contributed by atoms with Crippen LogP contribution in [0.3, 0.4) is 0 Å². The largest absolute Gasteiger partial charge is 0.310 e. The fourth-order valence-corrected chi connectivity index (χ4v) is 2.16. The van der Waals surface area contributed by atoms with Gasteiger partial charge in [-0.3, -0.25) is 4.90 Å². The number of halogens is 1. The van der Waals surface area contributed by atoms with Gasteiger partial charge in [0.15, 0.2) is 0 Å². The molecule has 1 rings (SSSR count). The highest BCUT2D eigenvalue weighted by atomic mass is 19.1. The maximum absolute atomic E-state index is 13.9. The summed E-state index contributed by atoms with van der Waals surface area (Å²) in [7, 11) is 0. The van der Waals surface area contributed by atoms with Crippen molar-refractivity contribution in [2.75, 3.05) is 13.1 Å². The van der Waals surface area contributed by atoms with E-state index in [0.29, 0.717) is 12.6 Å². The maximum atomic E-state index is 13.9. The molecule has 0 atom stereocenters. The van der Waals surface area contributed by atoms with Gasteiger partial charge in [-0.05, 0) is 24.6 Å². The molecule has 112 valence electrons. The predicted molar refractivity (Wildman–Crippen MR) is 84.1 cm³/mol. The lowest BCUT2D eigenvalue weighted by Crippen LogP contribution is -2.25. The Hall–Kier alpha value is -1.19. The number of hydrogen-bond acceptors (Lipinski definition) is 2. The molecule has 0 radical (unpaired) electrons. The van der Waals surface area contributed by atoms with Crippen molar-refractivity contribution in [3.8, 4) is 0 Å². The Kier molecular flexibility index (Phi) is 7.48. The quantitative estimate of drug-likeness (QED) is 0.693. The van der Waals surface area contributed by atoms with Gasteiger partial charge < -0.3 is 5.32 Å². The summed E-state index contributed by atoms with van der Waals surface area (Å²) in [4.78, 5) is 2.21. The van der Waals surface area contributed by atoms with E-state index >= 15 is 0 Å². The summed E-state index contributed by atoms with van der Waals surface area (Å²) in [6, 6.07) is 5.83. The average Bonchev–Trinajstić information content (AvgIpc) is 2.40. The van der Waals surface area contributed by atoms with Crippen molar-refractivity contribution >= 4 is 0 Å². The van der Waals surface area contributed by atoms with Gasteiger partial charge in [-0.15, -0.1) is 6.58 Å². The molecule has 0 aliphatic rings. The van der Waals surface area contributed by atoms with Gasteiger partial charge in [-0.25, -0.2) is 4.39 Å². The van der Waals surface area contributed by atoms with E-state index < -0.39 is 0 Å². The van der Waals surface area contributed by atoms with Gasteiger partial charge in [-0.1, -0.05) is 39.0 Å². The Labute approximate surface area is 122 Å². The van der Waals surface area contributed by atoms with E-state index in [1.54, 1.807) is 6.07 Å². The van der Waals surface area contributed by atoms with Gasteiger partial charge in [0, 0.05) is 31.2 Å². The van der Waals surface area contributed by atoms with Crippen LogP contribution >= 0.6 is 0 Å². The van der Waals surface area contributed by atoms with Crippen LogP contribution in [-0.2, 0) is 13.1 Å². The molecular weight excluding hydrogens is 251 g/mol. The summed E-state index contributed by atoms with van der Waals surface area (Å²) in [5.41, 5.74) is 1.90. The molecule has 0 saturated heterocycles. The van der Waals surface area contributed by atoms with E-state index in [9.17, 15) is 4.39 Å². The fourth-order valence-electron chi connectivity index (χ4n) is 2.16. The second kappa shape index (κ2) is 8.88.